The van der Waals surface area contributed by atoms with Crippen molar-refractivity contribution in [3.8, 4) is 0 Å². The average Bonchev–Trinajstić information content (AvgIpc) is 3.23. The molecule has 1 aliphatic carbocycles. The van der Waals surface area contributed by atoms with Crippen molar-refractivity contribution in [2.45, 2.75) is 70.4 Å². The van der Waals surface area contributed by atoms with Crippen LogP contribution in [-0.4, -0.2) is 45.7 Å². The summed E-state index contributed by atoms with van der Waals surface area (Å²) < 4.78 is 0. The minimum atomic E-state index is -0.336. The van der Waals surface area contributed by atoms with Gasteiger partial charge in [0.2, 0.25) is 5.91 Å². The fraction of sp³-hybridized carbons (Fsp3) is 0.556. The van der Waals surface area contributed by atoms with Crippen molar-refractivity contribution >= 4 is 22.6 Å². The first kappa shape index (κ1) is 20.2. The molecule has 4 saturated heterocycles. The number of para-hydroxylation sites is 1. The molecule has 0 unspecified atom stereocenters. The molecule has 5 nitrogen and oxygen atoms in total. The largest absolute Gasteiger partial charge is 0.357 e. The molecule has 2 N–H and O–H groups in total. The fourth-order valence-corrected chi connectivity index (χ4v) is 7.74. The highest BCUT2D eigenvalue weighted by Gasteiger charge is 2.69. The molecular formula is C27H33N3O2. The molecule has 1 aromatic heterocycles. The molecular weight excluding hydrogens is 398 g/mol. The Bertz CT molecular complexity index is 1220. The molecule has 2 spiro atoms. The number of fused-ring (bicyclic) bond motifs is 4. The summed E-state index contributed by atoms with van der Waals surface area (Å²) in [5.41, 5.74) is 4.49. The summed E-state index contributed by atoms with van der Waals surface area (Å²) in [7, 11) is 0. The number of piperazine rings is 1. The van der Waals surface area contributed by atoms with Gasteiger partial charge in [0.05, 0.1) is 11.1 Å². The Morgan fingerprint density at radius 1 is 1.22 bits per heavy atom. The molecule has 4 atom stereocenters. The number of carbonyl (C=O) groups is 2. The van der Waals surface area contributed by atoms with Gasteiger partial charge in [0, 0.05) is 35.1 Å². The van der Waals surface area contributed by atoms with Crippen molar-refractivity contribution in [2.75, 3.05) is 13.1 Å². The second-order valence-corrected chi connectivity index (χ2v) is 11.8. The molecule has 1 amide bonds. The number of hydrogen-bond donors (Lipinski definition) is 2. The van der Waals surface area contributed by atoms with Gasteiger partial charge in [-0.2, -0.15) is 0 Å². The summed E-state index contributed by atoms with van der Waals surface area (Å²) in [5.74, 6) is 1.21. The molecule has 5 heteroatoms. The third-order valence-electron chi connectivity index (χ3n) is 8.92. The lowest BCUT2D eigenvalue weighted by Crippen LogP contribution is -2.82. The Hall–Kier alpha value is -2.40. The Morgan fingerprint density at radius 3 is 2.75 bits per heavy atom. The second-order valence-electron chi connectivity index (χ2n) is 11.8. The van der Waals surface area contributed by atoms with Crippen molar-refractivity contribution in [3.63, 3.8) is 0 Å². The summed E-state index contributed by atoms with van der Waals surface area (Å²) in [6, 6.07) is 6.05. The van der Waals surface area contributed by atoms with Crippen molar-refractivity contribution < 1.29 is 9.59 Å². The third kappa shape index (κ3) is 2.38. The highest BCUT2D eigenvalue weighted by atomic mass is 16.2. The van der Waals surface area contributed by atoms with Crippen LogP contribution in [0.1, 0.15) is 69.1 Å². The summed E-state index contributed by atoms with van der Waals surface area (Å²) in [4.78, 5) is 32.6. The number of carbonyl (C=O) groups excluding carboxylic acids is 2. The van der Waals surface area contributed by atoms with Crippen LogP contribution in [0.3, 0.4) is 0 Å². The van der Waals surface area contributed by atoms with Gasteiger partial charge in [-0.1, -0.05) is 38.5 Å². The zero-order valence-corrected chi connectivity index (χ0v) is 19.8. The van der Waals surface area contributed by atoms with Crippen LogP contribution in [0, 0.1) is 11.8 Å². The predicted octanol–water partition coefficient (Wildman–Crippen LogP) is 4.12. The quantitative estimate of drug-likeness (QED) is 0.555. The van der Waals surface area contributed by atoms with Crippen molar-refractivity contribution in [1.82, 2.24) is 15.2 Å². The number of aromatic nitrogens is 1. The Kier molecular flexibility index (Phi) is 3.88. The number of nitrogens with zero attached hydrogens (tertiary/aromatic N) is 1. The predicted molar refractivity (Wildman–Crippen MR) is 126 cm³/mol. The molecule has 1 aromatic carbocycles. The smallest absolute Gasteiger partial charge is 0.241 e. The fourth-order valence-electron chi connectivity index (χ4n) is 7.74. The lowest BCUT2D eigenvalue weighted by atomic mass is 9.51. The molecule has 4 fully saturated rings. The van der Waals surface area contributed by atoms with E-state index in [4.69, 9.17) is 0 Å². The van der Waals surface area contributed by atoms with E-state index in [1.807, 2.05) is 26.0 Å². The van der Waals surface area contributed by atoms with Gasteiger partial charge < -0.3 is 10.3 Å². The SMILES string of the molecule is CC(C)=CC(=O)c1cccc2c3c([nH]c12)C(C)(C)[C@@H]1C[C@]24C[C@@H](C)CN2C[C@]1(C3)NC4=O. The highest BCUT2D eigenvalue weighted by molar-refractivity contribution is 6.13. The van der Waals surface area contributed by atoms with Gasteiger partial charge >= 0.3 is 0 Å². The van der Waals surface area contributed by atoms with Gasteiger partial charge in [-0.05, 0) is 62.7 Å². The lowest BCUT2D eigenvalue weighted by Gasteiger charge is -2.65. The van der Waals surface area contributed by atoms with E-state index in [0.29, 0.717) is 11.8 Å². The van der Waals surface area contributed by atoms with Crippen molar-refractivity contribution in [3.05, 3.63) is 46.7 Å². The Morgan fingerprint density at radius 2 is 2.00 bits per heavy atom. The first-order valence-electron chi connectivity index (χ1n) is 12.0. The van der Waals surface area contributed by atoms with E-state index in [9.17, 15) is 9.59 Å². The molecule has 5 heterocycles. The maximum Gasteiger partial charge on any atom is 0.241 e. The van der Waals surface area contributed by atoms with Crippen LogP contribution in [-0.2, 0) is 16.6 Å². The maximum atomic E-state index is 13.4. The van der Waals surface area contributed by atoms with Gasteiger partial charge in [-0.25, -0.2) is 0 Å². The number of piperidine rings is 2. The van der Waals surface area contributed by atoms with Gasteiger partial charge in [0.25, 0.3) is 0 Å². The average molecular weight is 432 g/mol. The van der Waals surface area contributed by atoms with Crippen LogP contribution in [0.15, 0.2) is 29.8 Å². The number of allylic oxidation sites excluding steroid dienone is 2. The zero-order chi connectivity index (χ0) is 22.6. The van der Waals surface area contributed by atoms with Gasteiger partial charge in [-0.3, -0.25) is 14.5 Å². The number of ketones is 1. The van der Waals surface area contributed by atoms with Crippen LogP contribution in [0.5, 0.6) is 0 Å². The molecule has 32 heavy (non-hydrogen) atoms. The number of H-pyrrole nitrogens is 1. The standard InChI is InChI=1S/C27H33N3O2/c1-15(2)9-20(31)18-8-6-7-17-19-11-26-14-30-13-16(3)10-27(30,24(32)29-26)12-21(26)25(4,5)23(19)28-22(17)18/h6-9,16,21,28H,10-14H2,1-5H3,(H,29,32)/t16-,21+,26+,27+/m1/s1. The molecule has 4 aliphatic heterocycles. The Balaban J connectivity index is 1.53. The summed E-state index contributed by atoms with van der Waals surface area (Å²) >= 11 is 0. The minimum absolute atomic E-state index is 0.0466. The summed E-state index contributed by atoms with van der Waals surface area (Å²) in [5, 5.41) is 4.68. The Labute approximate surface area is 189 Å². The normalized spacial score (nSPS) is 34.6. The van der Waals surface area contributed by atoms with Gasteiger partial charge in [-0.15, -0.1) is 0 Å². The van der Waals surface area contributed by atoms with E-state index < -0.39 is 0 Å². The summed E-state index contributed by atoms with van der Waals surface area (Å²) in [6.45, 7) is 12.8. The van der Waals surface area contributed by atoms with Crippen molar-refractivity contribution in [1.29, 1.82) is 0 Å². The maximum absolute atomic E-state index is 13.4. The van der Waals surface area contributed by atoms with Crippen LogP contribution >= 0.6 is 0 Å². The van der Waals surface area contributed by atoms with E-state index >= 15 is 0 Å². The van der Waals surface area contributed by atoms with E-state index in [1.165, 1.54) is 11.3 Å². The minimum Gasteiger partial charge on any atom is -0.357 e. The van der Waals surface area contributed by atoms with E-state index in [-0.39, 0.29) is 28.2 Å². The molecule has 168 valence electrons. The topological polar surface area (TPSA) is 65.2 Å². The van der Waals surface area contributed by atoms with Crippen LogP contribution in [0.25, 0.3) is 10.9 Å². The van der Waals surface area contributed by atoms with E-state index in [0.717, 1.165) is 54.4 Å². The molecule has 2 aromatic rings. The monoisotopic (exact) mass is 431 g/mol. The first-order valence-corrected chi connectivity index (χ1v) is 12.0. The van der Waals surface area contributed by atoms with Crippen molar-refractivity contribution in [2.24, 2.45) is 11.8 Å². The lowest BCUT2D eigenvalue weighted by molar-refractivity contribution is -0.160. The number of nitrogens with one attached hydrogen (secondary N) is 2. The number of aromatic amines is 1. The third-order valence-corrected chi connectivity index (χ3v) is 8.92. The summed E-state index contributed by atoms with van der Waals surface area (Å²) in [6.07, 6.45) is 4.43. The number of rotatable bonds is 2. The highest BCUT2D eigenvalue weighted by Crippen LogP contribution is 2.59. The van der Waals surface area contributed by atoms with Crippen LogP contribution in [0.4, 0.5) is 0 Å². The number of benzene rings is 1. The van der Waals surface area contributed by atoms with Crippen LogP contribution in [0.2, 0.25) is 0 Å². The van der Waals surface area contributed by atoms with Crippen LogP contribution < -0.4 is 5.32 Å². The van der Waals surface area contributed by atoms with E-state index in [2.05, 4.69) is 42.0 Å². The molecule has 0 saturated carbocycles. The molecule has 2 bridgehead atoms. The molecule has 7 rings (SSSR count). The molecule has 5 aliphatic rings. The second kappa shape index (κ2) is 6.13. The number of amides is 1. The molecule has 0 radical (unpaired) electrons. The first-order chi connectivity index (χ1) is 15.1. The van der Waals surface area contributed by atoms with Gasteiger partial charge in [0.1, 0.15) is 5.54 Å². The van der Waals surface area contributed by atoms with Gasteiger partial charge in [0.15, 0.2) is 5.78 Å². The van der Waals surface area contributed by atoms with E-state index in [1.54, 1.807) is 6.08 Å². The number of hydrogen-bond acceptors (Lipinski definition) is 3. The zero-order valence-electron chi connectivity index (χ0n) is 19.8.